The SMILES string of the molecule is COc1ccc(C)cc1-n1c(C)c(C)n2c3c(=O)n(CCN4CCOCC4)c(=O)n(C)c3nc12. The normalized spacial score (nSPS) is 15.0. The lowest BCUT2D eigenvalue weighted by Crippen LogP contribution is -2.44. The summed E-state index contributed by atoms with van der Waals surface area (Å²) in [7, 11) is 3.30. The Morgan fingerprint density at radius 2 is 1.79 bits per heavy atom. The van der Waals surface area contributed by atoms with Gasteiger partial charge in [-0.1, -0.05) is 6.07 Å². The molecule has 0 saturated carbocycles. The van der Waals surface area contributed by atoms with Crippen LogP contribution in [-0.2, 0) is 18.3 Å². The fourth-order valence-corrected chi connectivity index (χ4v) is 4.78. The van der Waals surface area contributed by atoms with Crippen molar-refractivity contribution >= 4 is 16.9 Å². The Labute approximate surface area is 196 Å². The minimum atomic E-state index is -0.361. The van der Waals surface area contributed by atoms with Crippen LogP contribution in [0.25, 0.3) is 22.6 Å². The van der Waals surface area contributed by atoms with Gasteiger partial charge in [0, 0.05) is 44.6 Å². The Hall–Kier alpha value is -3.37. The second-order valence-corrected chi connectivity index (χ2v) is 8.85. The number of hydrogen-bond donors (Lipinski definition) is 0. The molecule has 10 heteroatoms. The van der Waals surface area contributed by atoms with Crippen LogP contribution in [0.5, 0.6) is 5.75 Å². The van der Waals surface area contributed by atoms with Gasteiger partial charge in [-0.3, -0.25) is 27.8 Å². The van der Waals surface area contributed by atoms with Crippen LogP contribution in [0, 0.1) is 20.8 Å². The van der Waals surface area contributed by atoms with Gasteiger partial charge in [-0.25, -0.2) is 4.79 Å². The third-order valence-corrected chi connectivity index (χ3v) is 6.84. The van der Waals surface area contributed by atoms with Crippen LogP contribution in [0.3, 0.4) is 0 Å². The summed E-state index contributed by atoms with van der Waals surface area (Å²) < 4.78 is 17.7. The van der Waals surface area contributed by atoms with Crippen molar-refractivity contribution < 1.29 is 9.47 Å². The minimum absolute atomic E-state index is 0.319. The number of ether oxygens (including phenoxy) is 2. The van der Waals surface area contributed by atoms with E-state index in [2.05, 4.69) is 4.90 Å². The molecule has 0 N–H and O–H groups in total. The van der Waals surface area contributed by atoms with E-state index in [1.807, 2.05) is 47.9 Å². The fraction of sp³-hybridized carbons (Fsp3) is 0.458. The Bertz CT molecular complexity index is 1520. The van der Waals surface area contributed by atoms with Crippen LogP contribution in [0.1, 0.15) is 17.0 Å². The number of benzene rings is 1. The molecule has 0 spiro atoms. The van der Waals surface area contributed by atoms with Crippen molar-refractivity contribution in [2.75, 3.05) is 40.0 Å². The van der Waals surface area contributed by atoms with E-state index in [0.29, 0.717) is 49.0 Å². The molecule has 0 aliphatic carbocycles. The quantitative estimate of drug-likeness (QED) is 0.442. The lowest BCUT2D eigenvalue weighted by Gasteiger charge is -2.26. The van der Waals surface area contributed by atoms with Gasteiger partial charge in [-0.2, -0.15) is 4.98 Å². The van der Waals surface area contributed by atoms with E-state index in [9.17, 15) is 9.59 Å². The van der Waals surface area contributed by atoms with E-state index >= 15 is 0 Å². The minimum Gasteiger partial charge on any atom is -0.495 e. The highest BCUT2D eigenvalue weighted by Crippen LogP contribution is 2.30. The van der Waals surface area contributed by atoms with Crippen LogP contribution in [0.2, 0.25) is 0 Å². The number of aromatic nitrogens is 5. The third-order valence-electron chi connectivity index (χ3n) is 6.84. The van der Waals surface area contributed by atoms with Gasteiger partial charge in [0.2, 0.25) is 5.78 Å². The molecule has 0 unspecified atom stereocenters. The predicted octanol–water partition coefficient (Wildman–Crippen LogP) is 1.40. The first-order chi connectivity index (χ1) is 16.3. The number of aryl methyl sites for hydroxylation is 3. The van der Waals surface area contributed by atoms with E-state index in [-0.39, 0.29) is 11.2 Å². The molecule has 1 aromatic carbocycles. The maximum Gasteiger partial charge on any atom is 0.332 e. The van der Waals surface area contributed by atoms with E-state index in [0.717, 1.165) is 35.7 Å². The highest BCUT2D eigenvalue weighted by Gasteiger charge is 2.24. The van der Waals surface area contributed by atoms with Gasteiger partial charge in [-0.15, -0.1) is 0 Å². The Kier molecular flexibility index (Phi) is 5.57. The predicted molar refractivity (Wildman–Crippen MR) is 130 cm³/mol. The van der Waals surface area contributed by atoms with Crippen molar-refractivity contribution in [2.45, 2.75) is 27.3 Å². The average molecular weight is 467 g/mol. The number of hydrogen-bond acceptors (Lipinski definition) is 6. The number of imidazole rings is 2. The first kappa shape index (κ1) is 22.4. The number of morpholine rings is 1. The molecule has 4 heterocycles. The maximum absolute atomic E-state index is 13.6. The molecule has 5 rings (SSSR count). The van der Waals surface area contributed by atoms with Gasteiger partial charge in [0.05, 0.1) is 26.0 Å². The highest BCUT2D eigenvalue weighted by molar-refractivity contribution is 5.77. The topological polar surface area (TPSA) is 87.9 Å². The second kappa shape index (κ2) is 8.44. The largest absolute Gasteiger partial charge is 0.495 e. The van der Waals surface area contributed by atoms with Crippen LogP contribution < -0.4 is 16.0 Å². The van der Waals surface area contributed by atoms with E-state index in [4.69, 9.17) is 14.5 Å². The summed E-state index contributed by atoms with van der Waals surface area (Å²) in [5, 5.41) is 0. The summed E-state index contributed by atoms with van der Waals surface area (Å²) >= 11 is 0. The van der Waals surface area contributed by atoms with Gasteiger partial charge in [-0.05, 0) is 38.5 Å². The number of methoxy groups -OCH3 is 1. The number of nitrogens with zero attached hydrogens (tertiary/aromatic N) is 6. The Morgan fingerprint density at radius 1 is 1.06 bits per heavy atom. The average Bonchev–Trinajstić information content (AvgIpc) is 3.33. The number of rotatable bonds is 5. The van der Waals surface area contributed by atoms with Crippen LogP contribution in [0.4, 0.5) is 0 Å². The standard InChI is InChI=1S/C24H30N6O4/c1-15-6-7-19(33-5)18(14-15)29-16(2)17(3)30-20-21(25-23(29)30)26(4)24(32)28(22(20)31)9-8-27-10-12-34-13-11-27/h6-7,14H,8-13H2,1-5H3. The summed E-state index contributed by atoms with van der Waals surface area (Å²) in [6.07, 6.45) is 0. The summed E-state index contributed by atoms with van der Waals surface area (Å²) in [6, 6.07) is 5.95. The molecule has 10 nitrogen and oxygen atoms in total. The van der Waals surface area contributed by atoms with Crippen molar-refractivity contribution in [3.63, 3.8) is 0 Å². The van der Waals surface area contributed by atoms with E-state index in [1.165, 1.54) is 9.13 Å². The molecule has 4 aromatic rings. The highest BCUT2D eigenvalue weighted by atomic mass is 16.5. The van der Waals surface area contributed by atoms with Crippen molar-refractivity contribution in [1.82, 2.24) is 28.0 Å². The van der Waals surface area contributed by atoms with Crippen LogP contribution >= 0.6 is 0 Å². The molecule has 1 aliphatic rings. The Morgan fingerprint density at radius 3 is 2.50 bits per heavy atom. The van der Waals surface area contributed by atoms with Crippen molar-refractivity contribution in [3.8, 4) is 11.4 Å². The third kappa shape index (κ3) is 3.36. The summed E-state index contributed by atoms with van der Waals surface area (Å²) in [4.78, 5) is 33.8. The van der Waals surface area contributed by atoms with E-state index in [1.54, 1.807) is 14.2 Å². The number of fused-ring (bicyclic) bond motifs is 3. The molecule has 0 atom stereocenters. The van der Waals surface area contributed by atoms with Gasteiger partial charge < -0.3 is 9.47 Å². The second-order valence-electron chi connectivity index (χ2n) is 8.85. The molecule has 34 heavy (non-hydrogen) atoms. The molecule has 1 fully saturated rings. The van der Waals surface area contributed by atoms with Crippen molar-refractivity contribution in [3.05, 3.63) is 56.0 Å². The first-order valence-electron chi connectivity index (χ1n) is 11.5. The molecule has 0 radical (unpaired) electrons. The molecule has 3 aromatic heterocycles. The maximum atomic E-state index is 13.6. The lowest BCUT2D eigenvalue weighted by atomic mass is 10.2. The zero-order chi connectivity index (χ0) is 24.1. The van der Waals surface area contributed by atoms with Gasteiger partial charge in [0.15, 0.2) is 11.2 Å². The van der Waals surface area contributed by atoms with Gasteiger partial charge in [0.1, 0.15) is 5.75 Å². The molecular formula is C24H30N6O4. The lowest BCUT2D eigenvalue weighted by molar-refractivity contribution is 0.0361. The van der Waals surface area contributed by atoms with Gasteiger partial charge in [0.25, 0.3) is 5.56 Å². The zero-order valence-electron chi connectivity index (χ0n) is 20.3. The molecule has 1 aliphatic heterocycles. The monoisotopic (exact) mass is 466 g/mol. The van der Waals surface area contributed by atoms with Crippen LogP contribution in [-0.4, -0.2) is 67.9 Å². The summed E-state index contributed by atoms with van der Waals surface area (Å²) in [5.74, 6) is 1.28. The molecular weight excluding hydrogens is 436 g/mol. The van der Waals surface area contributed by atoms with E-state index < -0.39 is 0 Å². The molecule has 180 valence electrons. The van der Waals surface area contributed by atoms with Crippen molar-refractivity contribution in [1.29, 1.82) is 0 Å². The smallest absolute Gasteiger partial charge is 0.332 e. The van der Waals surface area contributed by atoms with Crippen LogP contribution in [0.15, 0.2) is 27.8 Å². The zero-order valence-corrected chi connectivity index (χ0v) is 20.3. The Balaban J connectivity index is 1.74. The summed E-state index contributed by atoms with van der Waals surface area (Å²) in [6.45, 7) is 9.85. The molecule has 0 bridgehead atoms. The van der Waals surface area contributed by atoms with Gasteiger partial charge >= 0.3 is 5.69 Å². The summed E-state index contributed by atoms with van der Waals surface area (Å²) in [5.41, 5.74) is 3.84. The van der Waals surface area contributed by atoms with Crippen molar-refractivity contribution in [2.24, 2.45) is 7.05 Å². The fourth-order valence-electron chi connectivity index (χ4n) is 4.78. The molecule has 1 saturated heterocycles. The first-order valence-corrected chi connectivity index (χ1v) is 11.5. The molecule has 0 amide bonds.